The van der Waals surface area contributed by atoms with Gasteiger partial charge in [0.05, 0.1) is 6.20 Å². The molecule has 1 aliphatic rings. The molecule has 0 aliphatic carbocycles. The molecule has 0 saturated heterocycles. The Kier molecular flexibility index (Phi) is 1.71. The Hall–Kier alpha value is -0.910. The quantitative estimate of drug-likeness (QED) is 0.565. The van der Waals surface area contributed by atoms with E-state index in [9.17, 15) is 13.2 Å². The predicted molar refractivity (Wildman–Crippen MR) is 22.4 cm³/mol. The molecule has 10 heavy (non-hydrogen) atoms. The number of hydrogen-bond donors (Lipinski definition) is 0. The Morgan fingerprint density at radius 3 is 2.60 bits per heavy atom. The summed E-state index contributed by atoms with van der Waals surface area (Å²) in [5.41, 5.74) is 0. The second-order valence-corrected chi connectivity index (χ2v) is 1.36. The highest BCUT2D eigenvalue weighted by Gasteiger charge is 2.34. The second-order valence-electron chi connectivity index (χ2n) is 1.36. The first-order chi connectivity index (χ1) is 4.58. The van der Waals surface area contributed by atoms with Gasteiger partial charge in [0.2, 0.25) is 0 Å². The molecule has 3 nitrogen and oxygen atoms in total. The molecule has 0 aromatic rings. The van der Waals surface area contributed by atoms with Gasteiger partial charge in [-0.3, -0.25) is 0 Å². The number of rotatable bonds is 1. The average Bonchev–Trinajstić information content (AvgIpc) is 2.12. The summed E-state index contributed by atoms with van der Waals surface area (Å²) in [4.78, 5) is 3.31. The zero-order valence-electron chi connectivity index (χ0n) is 4.55. The van der Waals surface area contributed by atoms with Crippen LogP contribution in [0.5, 0.6) is 0 Å². The van der Waals surface area contributed by atoms with Crippen LogP contribution in [0.25, 0.3) is 0 Å². The van der Waals surface area contributed by atoms with E-state index < -0.39 is 6.36 Å². The Balaban J connectivity index is 2.31. The largest absolute Gasteiger partial charge is 0.544 e. The minimum Gasteiger partial charge on any atom is -0.460 e. The van der Waals surface area contributed by atoms with Crippen LogP contribution in [0.4, 0.5) is 13.2 Å². The van der Waals surface area contributed by atoms with Crippen LogP contribution in [0.1, 0.15) is 0 Å². The number of hydrogen-bond acceptors (Lipinski definition) is 3. The van der Waals surface area contributed by atoms with Crippen molar-refractivity contribution in [2.24, 2.45) is 0 Å². The summed E-state index contributed by atoms with van der Waals surface area (Å²) >= 11 is 0. The summed E-state index contributed by atoms with van der Waals surface area (Å²) in [5.74, 6) is 0. The SMILES string of the molecule is FC(F)(F)ON1[C]OC=C1. The molecular formula is C4H2F3NO2. The normalized spacial score (nSPS) is 17.7. The molecule has 0 saturated carbocycles. The highest BCUT2D eigenvalue weighted by molar-refractivity contribution is 4.79. The van der Waals surface area contributed by atoms with Crippen LogP contribution in [0.15, 0.2) is 12.5 Å². The highest BCUT2D eigenvalue weighted by Crippen LogP contribution is 2.21. The number of nitrogens with zero attached hydrogens (tertiary/aromatic N) is 1. The van der Waals surface area contributed by atoms with Crippen LogP contribution in [0, 0.1) is 6.73 Å². The lowest BCUT2D eigenvalue weighted by Gasteiger charge is -2.12. The molecule has 1 heterocycles. The van der Waals surface area contributed by atoms with Gasteiger partial charge in [0.1, 0.15) is 6.26 Å². The maximum absolute atomic E-state index is 11.3. The molecule has 0 atom stereocenters. The van der Waals surface area contributed by atoms with Crippen LogP contribution < -0.4 is 0 Å². The Morgan fingerprint density at radius 1 is 1.50 bits per heavy atom. The van der Waals surface area contributed by atoms with Crippen molar-refractivity contribution in [1.82, 2.24) is 5.06 Å². The third kappa shape index (κ3) is 2.14. The van der Waals surface area contributed by atoms with E-state index >= 15 is 0 Å². The van der Waals surface area contributed by atoms with Crippen molar-refractivity contribution in [3.05, 3.63) is 19.2 Å². The van der Waals surface area contributed by atoms with Gasteiger partial charge in [0.15, 0.2) is 0 Å². The van der Waals surface area contributed by atoms with Crippen molar-refractivity contribution in [2.45, 2.75) is 6.36 Å². The zero-order chi connectivity index (χ0) is 7.61. The van der Waals surface area contributed by atoms with Gasteiger partial charge in [-0.1, -0.05) is 0 Å². The average molecular weight is 153 g/mol. The Morgan fingerprint density at radius 2 is 2.20 bits per heavy atom. The van der Waals surface area contributed by atoms with Gasteiger partial charge in [-0.15, -0.1) is 13.2 Å². The first-order valence-electron chi connectivity index (χ1n) is 2.21. The van der Waals surface area contributed by atoms with Crippen molar-refractivity contribution < 1.29 is 22.7 Å². The molecule has 2 radical (unpaired) electrons. The topological polar surface area (TPSA) is 21.7 Å². The lowest BCUT2D eigenvalue weighted by molar-refractivity contribution is -0.398. The smallest absolute Gasteiger partial charge is 0.460 e. The van der Waals surface area contributed by atoms with Crippen molar-refractivity contribution in [2.75, 3.05) is 0 Å². The van der Waals surface area contributed by atoms with Crippen LogP contribution >= 0.6 is 0 Å². The fourth-order valence-electron chi connectivity index (χ4n) is 0.359. The monoisotopic (exact) mass is 153 g/mol. The van der Waals surface area contributed by atoms with Crippen LogP contribution in [0.2, 0.25) is 0 Å². The molecule has 0 aromatic carbocycles. The summed E-state index contributed by atoms with van der Waals surface area (Å²) in [6.45, 7) is 1.79. The van der Waals surface area contributed by atoms with E-state index in [2.05, 4.69) is 9.57 Å². The van der Waals surface area contributed by atoms with E-state index in [1.165, 1.54) is 0 Å². The van der Waals surface area contributed by atoms with E-state index in [1.54, 1.807) is 6.73 Å². The molecule has 0 spiro atoms. The Bertz CT molecular complexity index is 144. The molecule has 0 aromatic heterocycles. The van der Waals surface area contributed by atoms with E-state index in [0.29, 0.717) is 5.06 Å². The van der Waals surface area contributed by atoms with Gasteiger partial charge in [-0.25, -0.2) is 0 Å². The standard InChI is InChI=1S/C4H2F3NO2/c5-4(6,7)10-8-1-2-9-3-8/h1-2H. The van der Waals surface area contributed by atoms with Gasteiger partial charge in [0, 0.05) is 0 Å². The molecule has 6 heteroatoms. The fourth-order valence-corrected chi connectivity index (χ4v) is 0.359. The van der Waals surface area contributed by atoms with E-state index in [1.807, 2.05) is 0 Å². The molecule has 0 bridgehead atoms. The maximum Gasteiger partial charge on any atom is 0.544 e. The summed E-state index contributed by atoms with van der Waals surface area (Å²) < 4.78 is 38.1. The second kappa shape index (κ2) is 2.37. The molecule has 0 fully saturated rings. The van der Waals surface area contributed by atoms with Crippen molar-refractivity contribution in [1.29, 1.82) is 0 Å². The molecular weight excluding hydrogens is 151 g/mol. The molecule has 1 rings (SSSR count). The number of halogens is 3. The van der Waals surface area contributed by atoms with Gasteiger partial charge >= 0.3 is 13.1 Å². The fraction of sp³-hybridized carbons (Fsp3) is 0.250. The van der Waals surface area contributed by atoms with Crippen molar-refractivity contribution >= 4 is 0 Å². The van der Waals surface area contributed by atoms with Crippen LogP contribution in [-0.2, 0) is 9.57 Å². The first kappa shape index (κ1) is 7.20. The van der Waals surface area contributed by atoms with Crippen molar-refractivity contribution in [3.8, 4) is 0 Å². The molecule has 0 unspecified atom stereocenters. The van der Waals surface area contributed by atoms with Gasteiger partial charge < -0.3 is 4.74 Å². The van der Waals surface area contributed by atoms with Gasteiger partial charge in [-0.05, 0) is 0 Å². The number of alkyl halides is 3. The minimum atomic E-state index is -4.70. The van der Waals surface area contributed by atoms with Gasteiger partial charge in [0.25, 0.3) is 0 Å². The maximum atomic E-state index is 11.3. The first-order valence-corrected chi connectivity index (χ1v) is 2.21. The molecule has 0 amide bonds. The summed E-state index contributed by atoms with van der Waals surface area (Å²) in [6, 6.07) is 0. The molecule has 1 aliphatic heterocycles. The van der Waals surface area contributed by atoms with E-state index in [4.69, 9.17) is 0 Å². The summed E-state index contributed by atoms with van der Waals surface area (Å²) in [7, 11) is 0. The van der Waals surface area contributed by atoms with Crippen LogP contribution in [-0.4, -0.2) is 11.4 Å². The minimum absolute atomic E-state index is 0.292. The lowest BCUT2D eigenvalue weighted by Crippen LogP contribution is -2.23. The summed E-state index contributed by atoms with van der Waals surface area (Å²) in [6.07, 6.45) is -2.76. The molecule has 56 valence electrons. The number of hydroxylamine groups is 2. The van der Waals surface area contributed by atoms with E-state index in [-0.39, 0.29) is 0 Å². The lowest BCUT2D eigenvalue weighted by atomic mass is 11.0. The third-order valence-corrected chi connectivity index (χ3v) is 0.609. The zero-order valence-corrected chi connectivity index (χ0v) is 4.55. The highest BCUT2D eigenvalue weighted by atomic mass is 19.4. The van der Waals surface area contributed by atoms with E-state index in [0.717, 1.165) is 12.5 Å². The van der Waals surface area contributed by atoms with Crippen LogP contribution in [0.3, 0.4) is 0 Å². The summed E-state index contributed by atoms with van der Waals surface area (Å²) in [5, 5.41) is 0.292. The Labute approximate surface area is 54.6 Å². The number of ether oxygens (including phenoxy) is 1. The third-order valence-electron chi connectivity index (χ3n) is 0.609. The van der Waals surface area contributed by atoms with Crippen molar-refractivity contribution in [3.63, 3.8) is 0 Å². The predicted octanol–water partition coefficient (Wildman–Crippen LogP) is 1.24. The van der Waals surface area contributed by atoms with Gasteiger partial charge in [-0.2, -0.15) is 9.90 Å². The molecule has 0 N–H and O–H groups in total.